The summed E-state index contributed by atoms with van der Waals surface area (Å²) >= 11 is 0. The Bertz CT molecular complexity index is 793. The molecule has 112 valence electrons. The quantitative estimate of drug-likeness (QED) is 0.737. The largest absolute Gasteiger partial charge is 0.333 e. The molecule has 0 N–H and O–H groups in total. The minimum absolute atomic E-state index is 0.391. The topological polar surface area (TPSA) is 77.6 Å². The third-order valence-corrected chi connectivity index (χ3v) is 3.39. The summed E-state index contributed by atoms with van der Waals surface area (Å²) in [6.07, 6.45) is 3.47. The van der Waals surface area contributed by atoms with Crippen molar-refractivity contribution >= 4 is 0 Å². The lowest BCUT2D eigenvalue weighted by molar-refractivity contribution is 0.431. The Balaban J connectivity index is 1.93. The van der Waals surface area contributed by atoms with Crippen LogP contribution in [-0.4, -0.2) is 25.1 Å². The van der Waals surface area contributed by atoms with Crippen LogP contribution in [0.3, 0.4) is 0 Å². The number of hydrogen-bond donors (Lipinski definition) is 0. The fourth-order valence-electron chi connectivity index (χ4n) is 2.12. The third-order valence-electron chi connectivity index (χ3n) is 3.39. The molecule has 0 fully saturated rings. The fraction of sp³-hybridized carbons (Fsp3) is 0.312. The van der Waals surface area contributed by atoms with E-state index in [2.05, 4.69) is 38.9 Å². The molecule has 0 aromatic carbocycles. The molecule has 0 bridgehead atoms. The first-order valence-electron chi connectivity index (χ1n) is 7.15. The van der Waals surface area contributed by atoms with Gasteiger partial charge in [0.15, 0.2) is 0 Å². The van der Waals surface area contributed by atoms with Gasteiger partial charge >= 0.3 is 0 Å². The van der Waals surface area contributed by atoms with Gasteiger partial charge in [0.1, 0.15) is 5.82 Å². The maximum Gasteiger partial charge on any atom is 0.261 e. The van der Waals surface area contributed by atoms with Gasteiger partial charge in [0.05, 0.1) is 11.3 Å². The molecule has 22 heavy (non-hydrogen) atoms. The minimum Gasteiger partial charge on any atom is -0.333 e. The van der Waals surface area contributed by atoms with Gasteiger partial charge in [0.25, 0.3) is 5.89 Å². The highest BCUT2D eigenvalue weighted by atomic mass is 16.5. The zero-order valence-electron chi connectivity index (χ0n) is 13.0. The molecule has 0 atom stereocenters. The Morgan fingerprint density at radius 1 is 1.00 bits per heavy atom. The maximum absolute atomic E-state index is 5.33. The van der Waals surface area contributed by atoms with Crippen LogP contribution < -0.4 is 0 Å². The molecule has 0 radical (unpaired) electrons. The van der Waals surface area contributed by atoms with Crippen molar-refractivity contribution in [1.82, 2.24) is 25.1 Å². The second-order valence-corrected chi connectivity index (χ2v) is 5.47. The van der Waals surface area contributed by atoms with Crippen molar-refractivity contribution in [2.75, 3.05) is 0 Å². The van der Waals surface area contributed by atoms with Gasteiger partial charge in [0, 0.05) is 23.7 Å². The number of aromatic nitrogens is 5. The molecule has 0 aliphatic rings. The van der Waals surface area contributed by atoms with Crippen LogP contribution in [0.1, 0.15) is 37.0 Å². The van der Waals surface area contributed by atoms with Gasteiger partial charge in [-0.05, 0) is 31.9 Å². The molecule has 3 aromatic heterocycles. The summed E-state index contributed by atoms with van der Waals surface area (Å²) in [7, 11) is 0. The van der Waals surface area contributed by atoms with Gasteiger partial charge in [-0.3, -0.25) is 4.98 Å². The van der Waals surface area contributed by atoms with Gasteiger partial charge in [-0.1, -0.05) is 19.0 Å². The molecule has 0 amide bonds. The van der Waals surface area contributed by atoms with Crippen molar-refractivity contribution in [2.24, 2.45) is 0 Å². The Hall–Kier alpha value is -2.63. The highest BCUT2D eigenvalue weighted by Gasteiger charge is 2.14. The van der Waals surface area contributed by atoms with Crippen LogP contribution in [0.4, 0.5) is 0 Å². The summed E-state index contributed by atoms with van der Waals surface area (Å²) in [4.78, 5) is 17.3. The predicted molar refractivity (Wildman–Crippen MR) is 82.1 cm³/mol. The molecular formula is C16H17N5O. The lowest BCUT2D eigenvalue weighted by Crippen LogP contribution is -1.94. The predicted octanol–water partition coefficient (Wildman–Crippen LogP) is 3.33. The molecule has 6 heteroatoms. The second kappa shape index (κ2) is 5.63. The lowest BCUT2D eigenvalue weighted by atomic mass is 10.1. The molecular weight excluding hydrogens is 278 g/mol. The summed E-state index contributed by atoms with van der Waals surface area (Å²) in [5.74, 6) is 2.04. The normalized spacial score (nSPS) is 11.1. The first-order valence-corrected chi connectivity index (χ1v) is 7.15. The molecule has 0 unspecified atom stereocenters. The molecule has 3 heterocycles. The highest BCUT2D eigenvalue weighted by Crippen LogP contribution is 2.23. The second-order valence-electron chi connectivity index (χ2n) is 5.47. The third kappa shape index (κ3) is 2.72. The van der Waals surface area contributed by atoms with Crippen molar-refractivity contribution < 1.29 is 4.52 Å². The molecule has 0 aliphatic heterocycles. The van der Waals surface area contributed by atoms with Gasteiger partial charge < -0.3 is 4.52 Å². The molecule has 3 aromatic rings. The van der Waals surface area contributed by atoms with Gasteiger partial charge in [-0.2, -0.15) is 4.98 Å². The van der Waals surface area contributed by atoms with Crippen molar-refractivity contribution in [3.8, 4) is 22.8 Å². The summed E-state index contributed by atoms with van der Waals surface area (Å²) < 4.78 is 5.33. The summed E-state index contributed by atoms with van der Waals surface area (Å²) in [5.41, 5.74) is 3.42. The standard InChI is InChI=1S/C16H17N5O/c1-9(2)14-6-5-12(7-18-14)15-20-16(22-21-15)13-8-17-11(4)19-10(13)3/h5-9H,1-4H3. The number of nitrogens with zero attached hydrogens (tertiary/aromatic N) is 5. The average Bonchev–Trinajstić information content (AvgIpc) is 2.97. The first-order chi connectivity index (χ1) is 10.5. The molecule has 0 saturated heterocycles. The maximum atomic E-state index is 5.33. The SMILES string of the molecule is Cc1ncc(-c2nc(-c3ccc(C(C)C)nc3)no2)c(C)n1. The zero-order chi connectivity index (χ0) is 15.7. The van der Waals surface area contributed by atoms with E-state index < -0.39 is 0 Å². The molecule has 6 nitrogen and oxygen atoms in total. The average molecular weight is 295 g/mol. The molecule has 3 rings (SSSR count). The number of hydrogen-bond acceptors (Lipinski definition) is 6. The molecule has 0 aliphatic carbocycles. The summed E-state index contributed by atoms with van der Waals surface area (Å²) in [6.45, 7) is 7.95. The van der Waals surface area contributed by atoms with Crippen LogP contribution >= 0.6 is 0 Å². The zero-order valence-corrected chi connectivity index (χ0v) is 13.0. The molecule has 0 saturated carbocycles. The van der Waals surface area contributed by atoms with E-state index in [0.717, 1.165) is 28.3 Å². The van der Waals surface area contributed by atoms with Crippen LogP contribution in [0.15, 0.2) is 29.0 Å². The van der Waals surface area contributed by atoms with E-state index in [1.807, 2.05) is 26.0 Å². The van der Waals surface area contributed by atoms with Crippen LogP contribution in [0.25, 0.3) is 22.8 Å². The Morgan fingerprint density at radius 2 is 1.82 bits per heavy atom. The van der Waals surface area contributed by atoms with E-state index in [4.69, 9.17) is 4.52 Å². The van der Waals surface area contributed by atoms with Crippen LogP contribution in [0.5, 0.6) is 0 Å². The Morgan fingerprint density at radius 3 is 2.45 bits per heavy atom. The number of aryl methyl sites for hydroxylation is 2. The minimum atomic E-state index is 0.391. The number of pyridine rings is 1. The van der Waals surface area contributed by atoms with Crippen molar-refractivity contribution in [3.63, 3.8) is 0 Å². The van der Waals surface area contributed by atoms with E-state index in [0.29, 0.717) is 17.6 Å². The van der Waals surface area contributed by atoms with Crippen LogP contribution in [0, 0.1) is 13.8 Å². The van der Waals surface area contributed by atoms with E-state index in [-0.39, 0.29) is 0 Å². The number of rotatable bonds is 3. The Kier molecular flexibility index (Phi) is 3.66. The van der Waals surface area contributed by atoms with E-state index in [1.54, 1.807) is 12.4 Å². The summed E-state index contributed by atoms with van der Waals surface area (Å²) in [6, 6.07) is 3.94. The first kappa shape index (κ1) is 14.3. The Labute approximate surface area is 128 Å². The van der Waals surface area contributed by atoms with Gasteiger partial charge in [-0.15, -0.1) is 0 Å². The summed E-state index contributed by atoms with van der Waals surface area (Å²) in [5, 5.41) is 4.02. The van der Waals surface area contributed by atoms with Crippen LogP contribution in [-0.2, 0) is 0 Å². The van der Waals surface area contributed by atoms with Crippen molar-refractivity contribution in [3.05, 3.63) is 41.7 Å². The van der Waals surface area contributed by atoms with E-state index in [9.17, 15) is 0 Å². The van der Waals surface area contributed by atoms with Crippen LogP contribution in [0.2, 0.25) is 0 Å². The lowest BCUT2D eigenvalue weighted by Gasteiger charge is -2.03. The van der Waals surface area contributed by atoms with Crippen molar-refractivity contribution in [2.45, 2.75) is 33.6 Å². The van der Waals surface area contributed by atoms with Gasteiger partial charge in [0.2, 0.25) is 5.82 Å². The van der Waals surface area contributed by atoms with E-state index in [1.165, 1.54) is 0 Å². The fourth-order valence-corrected chi connectivity index (χ4v) is 2.12. The monoisotopic (exact) mass is 295 g/mol. The van der Waals surface area contributed by atoms with Gasteiger partial charge in [-0.25, -0.2) is 9.97 Å². The highest BCUT2D eigenvalue weighted by molar-refractivity contribution is 5.59. The smallest absolute Gasteiger partial charge is 0.261 e. The van der Waals surface area contributed by atoms with Crippen molar-refractivity contribution in [1.29, 1.82) is 0 Å². The van der Waals surface area contributed by atoms with E-state index >= 15 is 0 Å². The molecule has 0 spiro atoms.